The first kappa shape index (κ1) is 7.14. The highest BCUT2D eigenvalue weighted by Gasteiger charge is 2.42. The van der Waals surface area contributed by atoms with Crippen molar-refractivity contribution in [3.63, 3.8) is 0 Å². The SMILES string of the molecule is C[C@@H]1CC(C)(C)C2=NCCN21. The molecule has 0 amide bonds. The van der Waals surface area contributed by atoms with Crippen molar-refractivity contribution in [2.75, 3.05) is 13.1 Å². The van der Waals surface area contributed by atoms with E-state index in [0.29, 0.717) is 11.5 Å². The maximum Gasteiger partial charge on any atom is 0.105 e. The van der Waals surface area contributed by atoms with Crippen molar-refractivity contribution >= 4 is 5.84 Å². The number of aliphatic imine (C=N–C) groups is 1. The monoisotopic (exact) mass is 152 g/mol. The summed E-state index contributed by atoms with van der Waals surface area (Å²) in [6, 6.07) is 0.714. The molecule has 2 aliphatic heterocycles. The minimum Gasteiger partial charge on any atom is -0.355 e. The molecule has 0 spiro atoms. The van der Waals surface area contributed by atoms with Crippen molar-refractivity contribution in [2.24, 2.45) is 10.4 Å². The number of rotatable bonds is 0. The van der Waals surface area contributed by atoms with Gasteiger partial charge in [0, 0.05) is 18.0 Å². The Hall–Kier alpha value is -0.530. The van der Waals surface area contributed by atoms with Crippen LogP contribution in [-0.4, -0.2) is 29.9 Å². The Balaban J connectivity index is 2.32. The van der Waals surface area contributed by atoms with E-state index in [-0.39, 0.29) is 0 Å². The minimum absolute atomic E-state index is 0.343. The van der Waals surface area contributed by atoms with Crippen molar-refractivity contribution in [3.05, 3.63) is 0 Å². The van der Waals surface area contributed by atoms with E-state index >= 15 is 0 Å². The Morgan fingerprint density at radius 3 is 2.91 bits per heavy atom. The van der Waals surface area contributed by atoms with Crippen LogP contribution < -0.4 is 0 Å². The molecule has 0 aromatic carbocycles. The highest BCUT2D eigenvalue weighted by Crippen LogP contribution is 2.37. The maximum absolute atomic E-state index is 4.54. The summed E-state index contributed by atoms with van der Waals surface area (Å²) in [6.45, 7) is 9.07. The molecule has 2 heteroatoms. The molecule has 1 fully saturated rings. The molecule has 2 rings (SSSR count). The largest absolute Gasteiger partial charge is 0.355 e. The summed E-state index contributed by atoms with van der Waals surface area (Å²) < 4.78 is 0. The summed E-state index contributed by atoms with van der Waals surface area (Å²) in [4.78, 5) is 7.00. The molecule has 11 heavy (non-hydrogen) atoms. The molecule has 0 aromatic rings. The van der Waals surface area contributed by atoms with Crippen molar-refractivity contribution in [2.45, 2.75) is 33.2 Å². The van der Waals surface area contributed by atoms with Gasteiger partial charge in [0.15, 0.2) is 0 Å². The Bertz CT molecular complexity index is 206. The fourth-order valence-corrected chi connectivity index (χ4v) is 2.43. The van der Waals surface area contributed by atoms with E-state index in [1.165, 1.54) is 12.3 Å². The molecule has 1 atom stereocenters. The Morgan fingerprint density at radius 2 is 2.27 bits per heavy atom. The van der Waals surface area contributed by atoms with E-state index in [1.54, 1.807) is 0 Å². The van der Waals surface area contributed by atoms with Gasteiger partial charge in [-0.3, -0.25) is 4.99 Å². The van der Waals surface area contributed by atoms with Crippen LogP contribution in [0.15, 0.2) is 4.99 Å². The normalized spacial score (nSPS) is 33.9. The van der Waals surface area contributed by atoms with E-state index in [0.717, 1.165) is 13.1 Å². The van der Waals surface area contributed by atoms with Gasteiger partial charge in [0.25, 0.3) is 0 Å². The van der Waals surface area contributed by atoms with Crippen molar-refractivity contribution in [1.29, 1.82) is 0 Å². The zero-order valence-corrected chi connectivity index (χ0v) is 7.59. The lowest BCUT2D eigenvalue weighted by Gasteiger charge is -2.19. The van der Waals surface area contributed by atoms with Crippen LogP contribution >= 0.6 is 0 Å². The number of amidine groups is 1. The fraction of sp³-hybridized carbons (Fsp3) is 0.889. The predicted molar refractivity (Wildman–Crippen MR) is 46.9 cm³/mol. The van der Waals surface area contributed by atoms with Gasteiger partial charge in [-0.05, 0) is 13.3 Å². The average Bonchev–Trinajstić information content (AvgIpc) is 2.37. The van der Waals surface area contributed by atoms with Crippen LogP contribution in [0.25, 0.3) is 0 Å². The molecule has 0 bridgehead atoms. The first-order valence-corrected chi connectivity index (χ1v) is 4.43. The summed E-state index contributed by atoms with van der Waals surface area (Å²) in [5.74, 6) is 1.35. The van der Waals surface area contributed by atoms with Gasteiger partial charge in [-0.25, -0.2) is 0 Å². The molecular weight excluding hydrogens is 136 g/mol. The van der Waals surface area contributed by atoms with Gasteiger partial charge in [0.05, 0.1) is 6.54 Å². The quantitative estimate of drug-likeness (QED) is 0.514. The standard InChI is InChI=1S/C9H16N2/c1-7-6-9(2,3)8-10-4-5-11(7)8/h7H,4-6H2,1-3H3/t7-/m1/s1. The van der Waals surface area contributed by atoms with Crippen LogP contribution in [-0.2, 0) is 0 Å². The van der Waals surface area contributed by atoms with Crippen LogP contribution in [0.2, 0.25) is 0 Å². The van der Waals surface area contributed by atoms with E-state index in [1.807, 2.05) is 0 Å². The topological polar surface area (TPSA) is 15.6 Å². The second-order valence-electron chi connectivity index (χ2n) is 4.34. The third-order valence-electron chi connectivity index (χ3n) is 2.82. The highest BCUT2D eigenvalue weighted by molar-refractivity contribution is 5.91. The third kappa shape index (κ3) is 0.883. The first-order chi connectivity index (χ1) is 5.11. The van der Waals surface area contributed by atoms with E-state index in [9.17, 15) is 0 Å². The van der Waals surface area contributed by atoms with Crippen LogP contribution in [0.3, 0.4) is 0 Å². The molecule has 0 saturated carbocycles. The molecule has 0 aliphatic carbocycles. The molecular formula is C9H16N2. The first-order valence-electron chi connectivity index (χ1n) is 4.43. The Labute approximate surface area is 68.3 Å². The van der Waals surface area contributed by atoms with Gasteiger partial charge < -0.3 is 4.90 Å². The molecule has 2 heterocycles. The second-order valence-corrected chi connectivity index (χ2v) is 4.34. The smallest absolute Gasteiger partial charge is 0.105 e. The molecule has 62 valence electrons. The predicted octanol–water partition coefficient (Wildman–Crippen LogP) is 1.52. The summed E-state index contributed by atoms with van der Waals surface area (Å²) in [7, 11) is 0. The Morgan fingerprint density at radius 1 is 1.55 bits per heavy atom. The summed E-state index contributed by atoms with van der Waals surface area (Å²) in [6.07, 6.45) is 1.27. The maximum atomic E-state index is 4.54. The molecule has 2 nitrogen and oxygen atoms in total. The van der Waals surface area contributed by atoms with Gasteiger partial charge >= 0.3 is 0 Å². The van der Waals surface area contributed by atoms with Crippen LogP contribution in [0.4, 0.5) is 0 Å². The van der Waals surface area contributed by atoms with E-state index in [4.69, 9.17) is 0 Å². The number of nitrogens with zero attached hydrogens (tertiary/aromatic N) is 2. The second kappa shape index (κ2) is 1.99. The molecule has 0 aromatic heterocycles. The Kier molecular flexibility index (Phi) is 1.29. The number of hydrogen-bond donors (Lipinski definition) is 0. The van der Waals surface area contributed by atoms with E-state index in [2.05, 4.69) is 30.7 Å². The van der Waals surface area contributed by atoms with Crippen molar-refractivity contribution in [3.8, 4) is 0 Å². The van der Waals surface area contributed by atoms with Gasteiger partial charge in [-0.1, -0.05) is 13.8 Å². The summed E-state index contributed by atoms with van der Waals surface area (Å²) in [5.41, 5.74) is 0.343. The molecule has 0 N–H and O–H groups in total. The average molecular weight is 152 g/mol. The lowest BCUT2D eigenvalue weighted by molar-refractivity contribution is 0.366. The summed E-state index contributed by atoms with van der Waals surface area (Å²) >= 11 is 0. The van der Waals surface area contributed by atoms with Crippen LogP contribution in [0, 0.1) is 5.41 Å². The number of fused-ring (bicyclic) bond motifs is 1. The zero-order valence-electron chi connectivity index (χ0n) is 7.59. The third-order valence-corrected chi connectivity index (χ3v) is 2.82. The zero-order chi connectivity index (χ0) is 8.06. The molecule has 0 unspecified atom stereocenters. The molecule has 1 saturated heterocycles. The fourth-order valence-electron chi connectivity index (χ4n) is 2.43. The van der Waals surface area contributed by atoms with Gasteiger partial charge in [-0.2, -0.15) is 0 Å². The van der Waals surface area contributed by atoms with Gasteiger partial charge in [0.1, 0.15) is 5.84 Å². The molecule has 2 aliphatic rings. The van der Waals surface area contributed by atoms with Crippen molar-refractivity contribution < 1.29 is 0 Å². The van der Waals surface area contributed by atoms with Crippen LogP contribution in [0.1, 0.15) is 27.2 Å². The number of hydrogen-bond acceptors (Lipinski definition) is 2. The lowest BCUT2D eigenvalue weighted by Crippen LogP contribution is -2.30. The van der Waals surface area contributed by atoms with Crippen LogP contribution in [0.5, 0.6) is 0 Å². The lowest BCUT2D eigenvalue weighted by atomic mass is 9.90. The van der Waals surface area contributed by atoms with Gasteiger partial charge in [0.2, 0.25) is 0 Å². The van der Waals surface area contributed by atoms with Gasteiger partial charge in [-0.15, -0.1) is 0 Å². The highest BCUT2D eigenvalue weighted by atomic mass is 15.3. The molecule has 0 radical (unpaired) electrons. The van der Waals surface area contributed by atoms with E-state index < -0.39 is 0 Å². The minimum atomic E-state index is 0.343. The summed E-state index contributed by atoms with van der Waals surface area (Å²) in [5, 5.41) is 0. The van der Waals surface area contributed by atoms with Crippen molar-refractivity contribution in [1.82, 2.24) is 4.90 Å².